The van der Waals surface area contributed by atoms with Crippen LogP contribution in [0.3, 0.4) is 0 Å². The minimum absolute atomic E-state index is 0.00146. The molecule has 0 amide bonds. The number of rotatable bonds is 3. The van der Waals surface area contributed by atoms with E-state index in [0.29, 0.717) is 6.04 Å². The maximum Gasteiger partial charge on any atom is 0.164 e. The van der Waals surface area contributed by atoms with Gasteiger partial charge in [-0.05, 0) is 38.8 Å². The predicted octanol–water partition coefficient (Wildman–Crippen LogP) is 3.45. The molecule has 2 aliphatic rings. The summed E-state index contributed by atoms with van der Waals surface area (Å²) < 4.78 is 17.3. The lowest BCUT2D eigenvalue weighted by Gasteiger charge is -2.44. The van der Waals surface area contributed by atoms with Gasteiger partial charge < -0.3 is 19.5 Å². The first-order valence-electron chi connectivity index (χ1n) is 7.83. The van der Waals surface area contributed by atoms with Crippen LogP contribution in [-0.2, 0) is 0 Å². The van der Waals surface area contributed by atoms with Crippen molar-refractivity contribution in [3.8, 4) is 17.2 Å². The van der Waals surface area contributed by atoms with Crippen molar-refractivity contribution in [2.75, 3.05) is 21.3 Å². The first-order chi connectivity index (χ1) is 10.2. The summed E-state index contributed by atoms with van der Waals surface area (Å²) in [5.74, 6) is 2.44. The third-order valence-corrected chi connectivity index (χ3v) is 4.91. The van der Waals surface area contributed by atoms with Crippen LogP contribution >= 0.6 is 0 Å². The summed E-state index contributed by atoms with van der Waals surface area (Å²) in [6, 6.07) is 4.34. The highest BCUT2D eigenvalue weighted by molar-refractivity contribution is 5.53. The number of benzene rings is 1. The van der Waals surface area contributed by atoms with Gasteiger partial charge in [-0.25, -0.2) is 0 Å². The van der Waals surface area contributed by atoms with Crippen LogP contribution < -0.4 is 19.5 Å². The molecule has 4 heteroatoms. The van der Waals surface area contributed by atoms with Gasteiger partial charge in [-0.2, -0.15) is 0 Å². The van der Waals surface area contributed by atoms with Crippen molar-refractivity contribution in [1.29, 1.82) is 0 Å². The second-order valence-electron chi connectivity index (χ2n) is 6.14. The topological polar surface area (TPSA) is 39.7 Å². The first-order valence-corrected chi connectivity index (χ1v) is 7.83. The van der Waals surface area contributed by atoms with Crippen molar-refractivity contribution in [3.63, 3.8) is 0 Å². The minimum Gasteiger partial charge on any atom is -0.493 e. The summed E-state index contributed by atoms with van der Waals surface area (Å²) >= 11 is 0. The van der Waals surface area contributed by atoms with Crippen molar-refractivity contribution in [2.45, 2.75) is 50.2 Å². The van der Waals surface area contributed by atoms with E-state index in [2.05, 4.69) is 5.32 Å². The molecule has 1 heterocycles. The molecule has 21 heavy (non-hydrogen) atoms. The fourth-order valence-corrected chi connectivity index (χ4v) is 3.75. The third kappa shape index (κ3) is 2.57. The van der Waals surface area contributed by atoms with Gasteiger partial charge in [0.1, 0.15) is 11.4 Å². The molecule has 1 aromatic carbocycles. The Hall–Kier alpha value is -1.42. The van der Waals surface area contributed by atoms with E-state index in [1.807, 2.05) is 19.2 Å². The molecule has 1 atom stereocenters. The molecule has 0 aromatic heterocycles. The molecule has 4 nitrogen and oxygen atoms in total. The van der Waals surface area contributed by atoms with Crippen LogP contribution in [-0.4, -0.2) is 26.9 Å². The van der Waals surface area contributed by atoms with E-state index in [1.54, 1.807) is 14.2 Å². The number of nitrogens with one attached hydrogen (secondary N) is 1. The average molecular weight is 291 g/mol. The van der Waals surface area contributed by atoms with Crippen molar-refractivity contribution in [1.82, 2.24) is 5.32 Å². The van der Waals surface area contributed by atoms with Gasteiger partial charge in [-0.3, -0.25) is 0 Å². The van der Waals surface area contributed by atoms with Crippen molar-refractivity contribution < 1.29 is 14.2 Å². The summed E-state index contributed by atoms with van der Waals surface area (Å²) in [5.41, 5.74) is 1.17. The van der Waals surface area contributed by atoms with Crippen molar-refractivity contribution in [2.24, 2.45) is 0 Å². The number of ether oxygens (including phenoxy) is 3. The van der Waals surface area contributed by atoms with Gasteiger partial charge in [0.2, 0.25) is 0 Å². The molecule has 1 N–H and O–H groups in total. The van der Waals surface area contributed by atoms with Gasteiger partial charge in [0.05, 0.1) is 14.2 Å². The molecule has 3 rings (SSSR count). The highest BCUT2D eigenvalue weighted by Crippen LogP contribution is 2.49. The van der Waals surface area contributed by atoms with Crippen LogP contribution in [0.25, 0.3) is 0 Å². The fraction of sp³-hybridized carbons (Fsp3) is 0.647. The number of hydrogen-bond donors (Lipinski definition) is 1. The van der Waals surface area contributed by atoms with Gasteiger partial charge in [0.25, 0.3) is 0 Å². The second kappa shape index (κ2) is 5.76. The molecule has 0 radical (unpaired) electrons. The van der Waals surface area contributed by atoms with Crippen LogP contribution in [0.4, 0.5) is 0 Å². The van der Waals surface area contributed by atoms with Gasteiger partial charge >= 0.3 is 0 Å². The lowest BCUT2D eigenvalue weighted by atomic mass is 9.77. The molecule has 1 spiro atoms. The lowest BCUT2D eigenvalue weighted by molar-refractivity contribution is -0.00206. The van der Waals surface area contributed by atoms with E-state index >= 15 is 0 Å². The molecule has 1 saturated carbocycles. The normalized spacial score (nSPS) is 23.3. The van der Waals surface area contributed by atoms with Crippen molar-refractivity contribution >= 4 is 0 Å². The SMILES string of the molecule is CNC1CC2(CCCCC2)Oc2cc(OC)c(OC)cc21. The maximum absolute atomic E-state index is 6.46. The Morgan fingerprint density at radius 3 is 2.38 bits per heavy atom. The summed E-state index contributed by atoms with van der Waals surface area (Å²) in [6.07, 6.45) is 7.19. The van der Waals surface area contributed by atoms with Crippen LogP contribution in [0.15, 0.2) is 12.1 Å². The fourth-order valence-electron chi connectivity index (χ4n) is 3.75. The zero-order chi connectivity index (χ0) is 14.9. The smallest absolute Gasteiger partial charge is 0.164 e. The summed E-state index contributed by atoms with van der Waals surface area (Å²) in [7, 11) is 5.36. The van der Waals surface area contributed by atoms with E-state index < -0.39 is 0 Å². The van der Waals surface area contributed by atoms with Crippen LogP contribution in [0.1, 0.15) is 50.1 Å². The largest absolute Gasteiger partial charge is 0.493 e. The Morgan fingerprint density at radius 2 is 1.76 bits per heavy atom. The lowest BCUT2D eigenvalue weighted by Crippen LogP contribution is -2.45. The Bertz CT molecular complexity index is 509. The third-order valence-electron chi connectivity index (χ3n) is 4.91. The quantitative estimate of drug-likeness (QED) is 0.926. The highest BCUT2D eigenvalue weighted by atomic mass is 16.5. The molecular formula is C17H25NO3. The standard InChI is InChI=1S/C17H25NO3/c1-18-13-11-17(7-5-4-6-8-17)21-14-10-16(20-3)15(19-2)9-12(13)14/h9-10,13,18H,4-8,11H2,1-3H3. The Morgan fingerprint density at radius 1 is 1.10 bits per heavy atom. The molecular weight excluding hydrogens is 266 g/mol. The summed E-state index contributed by atoms with van der Waals surface area (Å²) in [4.78, 5) is 0. The van der Waals surface area contributed by atoms with Gasteiger partial charge in [-0.1, -0.05) is 6.42 Å². The van der Waals surface area contributed by atoms with E-state index in [0.717, 1.165) is 36.5 Å². The molecule has 116 valence electrons. The van der Waals surface area contributed by atoms with Crippen molar-refractivity contribution in [3.05, 3.63) is 17.7 Å². The highest BCUT2D eigenvalue weighted by Gasteiger charge is 2.41. The Labute approximate surface area is 126 Å². The predicted molar refractivity (Wildman–Crippen MR) is 82.4 cm³/mol. The van der Waals surface area contributed by atoms with E-state index in [-0.39, 0.29) is 5.60 Å². The zero-order valence-electron chi connectivity index (χ0n) is 13.2. The van der Waals surface area contributed by atoms with E-state index in [1.165, 1.54) is 24.8 Å². The molecule has 1 fully saturated rings. The second-order valence-corrected chi connectivity index (χ2v) is 6.14. The van der Waals surface area contributed by atoms with Gasteiger partial charge in [0.15, 0.2) is 11.5 Å². The number of fused-ring (bicyclic) bond motifs is 1. The van der Waals surface area contributed by atoms with Crippen LogP contribution in [0.5, 0.6) is 17.2 Å². The molecule has 1 aliphatic heterocycles. The molecule has 0 bridgehead atoms. The summed E-state index contributed by atoms with van der Waals surface area (Å²) in [5, 5.41) is 3.44. The van der Waals surface area contributed by atoms with E-state index in [4.69, 9.17) is 14.2 Å². The first kappa shape index (κ1) is 14.5. The minimum atomic E-state index is -0.00146. The zero-order valence-corrected chi connectivity index (χ0v) is 13.2. The van der Waals surface area contributed by atoms with Crippen LogP contribution in [0, 0.1) is 0 Å². The molecule has 1 unspecified atom stereocenters. The maximum atomic E-state index is 6.46. The molecule has 1 aliphatic carbocycles. The number of hydrogen-bond acceptors (Lipinski definition) is 4. The summed E-state index contributed by atoms with van der Waals surface area (Å²) in [6.45, 7) is 0. The molecule has 1 aromatic rings. The Kier molecular flexibility index (Phi) is 3.98. The number of methoxy groups -OCH3 is 2. The van der Waals surface area contributed by atoms with Crippen LogP contribution in [0.2, 0.25) is 0 Å². The van der Waals surface area contributed by atoms with Gasteiger partial charge in [0, 0.05) is 24.1 Å². The molecule has 0 saturated heterocycles. The average Bonchev–Trinajstić information content (AvgIpc) is 2.53. The monoisotopic (exact) mass is 291 g/mol. The van der Waals surface area contributed by atoms with Gasteiger partial charge in [-0.15, -0.1) is 0 Å². The van der Waals surface area contributed by atoms with E-state index in [9.17, 15) is 0 Å². The Balaban J connectivity index is 2.01.